The van der Waals surface area contributed by atoms with E-state index in [1.54, 1.807) is 7.11 Å². The number of benzene rings is 1. The third-order valence-electron chi connectivity index (χ3n) is 3.38. The van der Waals surface area contributed by atoms with Crippen molar-refractivity contribution in [3.05, 3.63) is 41.1 Å². The first kappa shape index (κ1) is 15.1. The summed E-state index contributed by atoms with van der Waals surface area (Å²) in [5, 5.41) is 6.69. The molecular weight excluding hydrogens is 268 g/mol. The Labute approximate surface area is 124 Å². The Hall–Kier alpha value is -2.30. The van der Waals surface area contributed by atoms with Gasteiger partial charge >= 0.3 is 0 Å². The summed E-state index contributed by atoms with van der Waals surface area (Å²) < 4.78 is 10.3. The van der Waals surface area contributed by atoms with E-state index in [-0.39, 0.29) is 5.91 Å². The van der Waals surface area contributed by atoms with Crippen LogP contribution in [0.4, 0.5) is 5.88 Å². The monoisotopic (exact) mass is 288 g/mol. The number of ether oxygens (including phenoxy) is 1. The van der Waals surface area contributed by atoms with E-state index >= 15 is 0 Å². The highest BCUT2D eigenvalue weighted by atomic mass is 16.5. The average molecular weight is 288 g/mol. The van der Waals surface area contributed by atoms with Crippen LogP contribution in [0.3, 0.4) is 0 Å². The summed E-state index contributed by atoms with van der Waals surface area (Å²) >= 11 is 0. The fourth-order valence-corrected chi connectivity index (χ4v) is 2.09. The van der Waals surface area contributed by atoms with E-state index in [9.17, 15) is 4.79 Å². The molecule has 1 heterocycles. The summed E-state index contributed by atoms with van der Waals surface area (Å²) in [6.07, 6.45) is 1.82. The van der Waals surface area contributed by atoms with Gasteiger partial charge in [0, 0.05) is 12.0 Å². The van der Waals surface area contributed by atoms with E-state index < -0.39 is 0 Å². The third-order valence-corrected chi connectivity index (χ3v) is 3.38. The molecule has 0 unspecified atom stereocenters. The van der Waals surface area contributed by atoms with Crippen LogP contribution in [-0.2, 0) is 17.6 Å². The lowest BCUT2D eigenvalue weighted by atomic mass is 10.1. The second kappa shape index (κ2) is 6.92. The predicted molar refractivity (Wildman–Crippen MR) is 80.6 cm³/mol. The van der Waals surface area contributed by atoms with Crippen LogP contribution < -0.4 is 10.1 Å². The Bertz CT molecular complexity index is 620. The second-order valence-corrected chi connectivity index (χ2v) is 4.84. The van der Waals surface area contributed by atoms with Gasteiger partial charge < -0.3 is 9.26 Å². The van der Waals surface area contributed by atoms with E-state index in [2.05, 4.69) is 10.5 Å². The molecular formula is C16H20N2O3. The molecule has 5 nitrogen and oxygen atoms in total. The van der Waals surface area contributed by atoms with Gasteiger partial charge in [0.25, 0.3) is 0 Å². The Morgan fingerprint density at radius 2 is 2.24 bits per heavy atom. The van der Waals surface area contributed by atoms with Crippen molar-refractivity contribution in [3.63, 3.8) is 0 Å². The lowest BCUT2D eigenvalue weighted by molar-refractivity contribution is -0.116. The van der Waals surface area contributed by atoms with E-state index in [1.807, 2.05) is 38.1 Å². The molecule has 21 heavy (non-hydrogen) atoms. The Balaban J connectivity index is 1.91. The van der Waals surface area contributed by atoms with Crippen molar-refractivity contribution in [2.45, 2.75) is 33.1 Å². The number of nitrogens with one attached hydrogen (secondary N) is 1. The topological polar surface area (TPSA) is 64.4 Å². The molecule has 0 radical (unpaired) electrons. The summed E-state index contributed by atoms with van der Waals surface area (Å²) in [5.74, 6) is 1.16. The zero-order valence-corrected chi connectivity index (χ0v) is 12.6. The fraction of sp³-hybridized carbons (Fsp3) is 0.375. The molecule has 112 valence electrons. The number of carbonyl (C=O) groups excluding carboxylic acids is 1. The highest BCUT2D eigenvalue weighted by Gasteiger charge is 2.13. The van der Waals surface area contributed by atoms with Gasteiger partial charge in [-0.1, -0.05) is 24.2 Å². The minimum Gasteiger partial charge on any atom is -0.497 e. The highest BCUT2D eigenvalue weighted by Crippen LogP contribution is 2.19. The summed E-state index contributed by atoms with van der Waals surface area (Å²) in [4.78, 5) is 12.0. The molecule has 0 aliphatic rings. The Morgan fingerprint density at radius 1 is 1.43 bits per heavy atom. The molecule has 2 rings (SSSR count). The molecule has 5 heteroatoms. The van der Waals surface area contributed by atoms with Crippen molar-refractivity contribution in [2.24, 2.45) is 0 Å². The van der Waals surface area contributed by atoms with Gasteiger partial charge in [0.05, 0.1) is 12.8 Å². The first-order valence-electron chi connectivity index (χ1n) is 7.02. The molecule has 0 bridgehead atoms. The van der Waals surface area contributed by atoms with Gasteiger partial charge in [-0.2, -0.15) is 0 Å². The Morgan fingerprint density at radius 3 is 2.90 bits per heavy atom. The van der Waals surface area contributed by atoms with Crippen LogP contribution >= 0.6 is 0 Å². The first-order valence-corrected chi connectivity index (χ1v) is 7.02. The molecule has 1 N–H and O–H groups in total. The van der Waals surface area contributed by atoms with Crippen molar-refractivity contribution in [2.75, 3.05) is 12.4 Å². The number of methoxy groups -OCH3 is 1. The summed E-state index contributed by atoms with van der Waals surface area (Å²) in [6, 6.07) is 7.71. The number of amides is 1. The third kappa shape index (κ3) is 3.84. The van der Waals surface area contributed by atoms with E-state index in [1.165, 1.54) is 0 Å². The number of rotatable bonds is 6. The summed E-state index contributed by atoms with van der Waals surface area (Å²) in [7, 11) is 1.63. The zero-order valence-electron chi connectivity index (χ0n) is 12.6. The van der Waals surface area contributed by atoms with Gasteiger partial charge in [-0.25, -0.2) is 0 Å². The number of nitrogens with zero attached hydrogens (tertiary/aromatic N) is 1. The maximum atomic E-state index is 12.0. The highest BCUT2D eigenvalue weighted by molar-refractivity contribution is 5.90. The van der Waals surface area contributed by atoms with Crippen LogP contribution in [0.1, 0.15) is 30.2 Å². The number of anilines is 1. The van der Waals surface area contributed by atoms with E-state index in [0.717, 1.165) is 29.0 Å². The molecule has 0 saturated carbocycles. The van der Waals surface area contributed by atoms with E-state index in [4.69, 9.17) is 9.26 Å². The molecule has 1 aromatic heterocycles. The van der Waals surface area contributed by atoms with Crippen LogP contribution in [0.2, 0.25) is 0 Å². The minimum absolute atomic E-state index is 0.0836. The van der Waals surface area contributed by atoms with Crippen molar-refractivity contribution >= 4 is 11.8 Å². The van der Waals surface area contributed by atoms with Crippen LogP contribution in [-0.4, -0.2) is 18.2 Å². The van der Waals surface area contributed by atoms with Crippen molar-refractivity contribution in [1.29, 1.82) is 0 Å². The SMILES string of the molecule is CCc1noc(NC(=O)CCc2cccc(OC)c2)c1C. The summed E-state index contributed by atoms with van der Waals surface area (Å²) in [6.45, 7) is 3.90. The van der Waals surface area contributed by atoms with Crippen molar-refractivity contribution < 1.29 is 14.1 Å². The zero-order chi connectivity index (χ0) is 15.2. The van der Waals surface area contributed by atoms with Gasteiger partial charge in [-0.05, 0) is 37.5 Å². The van der Waals surface area contributed by atoms with Gasteiger partial charge in [0.2, 0.25) is 11.8 Å². The quantitative estimate of drug-likeness (QED) is 0.887. The molecule has 1 amide bonds. The van der Waals surface area contributed by atoms with Crippen LogP contribution in [0.15, 0.2) is 28.8 Å². The Kier molecular flexibility index (Phi) is 4.98. The van der Waals surface area contributed by atoms with Crippen molar-refractivity contribution in [3.8, 4) is 5.75 Å². The standard InChI is InChI=1S/C16H20N2O3/c1-4-14-11(2)16(21-18-14)17-15(19)9-8-12-6-5-7-13(10-12)20-3/h5-7,10H,4,8-9H2,1-3H3,(H,17,19). The van der Waals surface area contributed by atoms with Crippen LogP contribution in [0, 0.1) is 6.92 Å². The predicted octanol–water partition coefficient (Wildman–Crippen LogP) is 3.13. The maximum Gasteiger partial charge on any atom is 0.234 e. The fourth-order valence-electron chi connectivity index (χ4n) is 2.09. The van der Waals surface area contributed by atoms with Gasteiger partial charge in [0.15, 0.2) is 0 Å². The molecule has 0 aliphatic carbocycles. The van der Waals surface area contributed by atoms with Crippen LogP contribution in [0.5, 0.6) is 5.75 Å². The molecule has 1 aromatic carbocycles. The number of hydrogen-bond donors (Lipinski definition) is 1. The molecule has 0 spiro atoms. The smallest absolute Gasteiger partial charge is 0.234 e. The lowest BCUT2D eigenvalue weighted by Crippen LogP contribution is -2.12. The van der Waals surface area contributed by atoms with E-state index in [0.29, 0.717) is 18.7 Å². The number of aromatic nitrogens is 1. The largest absolute Gasteiger partial charge is 0.497 e. The van der Waals surface area contributed by atoms with Crippen LogP contribution in [0.25, 0.3) is 0 Å². The van der Waals surface area contributed by atoms with Gasteiger partial charge in [0.1, 0.15) is 5.75 Å². The molecule has 2 aromatic rings. The molecule has 0 fully saturated rings. The number of carbonyl (C=O) groups is 1. The van der Waals surface area contributed by atoms with Gasteiger partial charge in [-0.3, -0.25) is 10.1 Å². The maximum absolute atomic E-state index is 12.0. The molecule has 0 aliphatic heterocycles. The number of aryl methyl sites for hydroxylation is 2. The average Bonchev–Trinajstić information content (AvgIpc) is 2.86. The minimum atomic E-state index is -0.0836. The van der Waals surface area contributed by atoms with Crippen molar-refractivity contribution in [1.82, 2.24) is 5.16 Å². The van der Waals surface area contributed by atoms with Gasteiger partial charge in [-0.15, -0.1) is 0 Å². The molecule has 0 saturated heterocycles. The summed E-state index contributed by atoms with van der Waals surface area (Å²) in [5.41, 5.74) is 2.83. The first-order chi connectivity index (χ1) is 10.1. The second-order valence-electron chi connectivity index (χ2n) is 4.84. The number of hydrogen-bond acceptors (Lipinski definition) is 4. The lowest BCUT2D eigenvalue weighted by Gasteiger charge is -2.05. The molecule has 0 atom stereocenters. The normalized spacial score (nSPS) is 10.4.